The van der Waals surface area contributed by atoms with Gasteiger partial charge in [-0.1, -0.05) is 86.6 Å². The molecule has 0 radical (unpaired) electrons. The highest BCUT2D eigenvalue weighted by Crippen LogP contribution is 2.44. The van der Waals surface area contributed by atoms with E-state index in [0.717, 1.165) is 22.3 Å². The van der Waals surface area contributed by atoms with Crippen LogP contribution in [-0.4, -0.2) is 35.7 Å². The van der Waals surface area contributed by atoms with Gasteiger partial charge in [0.25, 0.3) is 5.91 Å². The van der Waals surface area contributed by atoms with Crippen LogP contribution in [0.15, 0.2) is 97.1 Å². The van der Waals surface area contributed by atoms with Gasteiger partial charge < -0.3 is 15.2 Å². The Kier molecular flexibility index (Phi) is 7.64. The first-order valence-electron chi connectivity index (χ1n) is 13.2. The Balaban J connectivity index is 1.22. The normalized spacial score (nSPS) is 12.8. The van der Waals surface area contributed by atoms with Crippen molar-refractivity contribution < 1.29 is 24.2 Å². The van der Waals surface area contributed by atoms with E-state index in [1.165, 1.54) is 11.1 Å². The predicted octanol–water partition coefficient (Wildman–Crippen LogP) is 6.55. The molecule has 40 heavy (non-hydrogen) atoms. The van der Waals surface area contributed by atoms with E-state index in [4.69, 9.17) is 4.74 Å². The van der Waals surface area contributed by atoms with Gasteiger partial charge >= 0.3 is 12.1 Å². The molecule has 5 rings (SSSR count). The number of carbonyl (C=O) groups is 3. The lowest BCUT2D eigenvalue weighted by Crippen LogP contribution is -2.44. The minimum absolute atomic E-state index is 0.0217. The minimum Gasteiger partial charge on any atom is -0.480 e. The lowest BCUT2D eigenvalue weighted by molar-refractivity contribution is -0.140. The number of nitrogens with one attached hydrogen (secondary N) is 2. The molecule has 4 aromatic rings. The largest absolute Gasteiger partial charge is 0.480 e. The summed E-state index contributed by atoms with van der Waals surface area (Å²) in [5.41, 5.74) is 7.27. The first kappa shape index (κ1) is 26.7. The summed E-state index contributed by atoms with van der Waals surface area (Å²) < 4.78 is 5.66. The summed E-state index contributed by atoms with van der Waals surface area (Å²) in [6.07, 6.45) is -0.538. The molecule has 7 heteroatoms. The number of hydrogen-bond donors (Lipinski definition) is 3. The van der Waals surface area contributed by atoms with Crippen molar-refractivity contribution in [3.8, 4) is 22.3 Å². The number of carboxylic acids is 1. The second kappa shape index (κ2) is 11.5. The van der Waals surface area contributed by atoms with Crippen molar-refractivity contribution in [2.45, 2.75) is 25.8 Å². The summed E-state index contributed by atoms with van der Waals surface area (Å²) in [4.78, 5) is 36.7. The number of hydrogen-bond acceptors (Lipinski definition) is 4. The molecule has 2 amide bonds. The molecule has 4 aromatic carbocycles. The molecule has 0 saturated carbocycles. The Morgan fingerprint density at radius 2 is 1.43 bits per heavy atom. The summed E-state index contributed by atoms with van der Waals surface area (Å²) in [7, 11) is 0. The number of benzene rings is 4. The zero-order chi connectivity index (χ0) is 28.2. The van der Waals surface area contributed by atoms with Gasteiger partial charge in [0.15, 0.2) is 0 Å². The van der Waals surface area contributed by atoms with Crippen LogP contribution in [0.5, 0.6) is 0 Å². The van der Waals surface area contributed by atoms with E-state index >= 15 is 0 Å². The van der Waals surface area contributed by atoms with E-state index in [1.807, 2.05) is 42.5 Å². The molecule has 0 saturated heterocycles. The van der Waals surface area contributed by atoms with Gasteiger partial charge in [0.1, 0.15) is 12.6 Å². The van der Waals surface area contributed by atoms with Crippen LogP contribution in [0.4, 0.5) is 10.5 Å². The molecule has 0 bridgehead atoms. The van der Waals surface area contributed by atoms with E-state index in [1.54, 1.807) is 44.2 Å². The van der Waals surface area contributed by atoms with Crippen LogP contribution >= 0.6 is 0 Å². The number of aliphatic carboxylic acids is 1. The average Bonchev–Trinajstić information content (AvgIpc) is 3.28. The minimum atomic E-state index is -1.07. The standard InChI is InChI=1S/C33H30N2O5/c1-20(2)30(32(37)38)35-31(36)22-16-14-21(15-17-22)23-8-7-9-24(18-23)34-33(39)40-19-29-27-12-5-3-10-25(27)26-11-4-6-13-28(26)29/h3-18,20,29-30H,19H2,1-2H3,(H,34,39)(H,35,36)(H,37,38)/t30-/m0/s1. The van der Waals surface area contributed by atoms with Crippen molar-refractivity contribution in [1.82, 2.24) is 5.32 Å². The van der Waals surface area contributed by atoms with Crippen molar-refractivity contribution in [2.24, 2.45) is 5.92 Å². The Hall–Kier alpha value is -4.91. The van der Waals surface area contributed by atoms with Gasteiger partial charge in [0.05, 0.1) is 0 Å². The number of rotatable bonds is 8. The fraction of sp³-hybridized carbons (Fsp3) is 0.182. The van der Waals surface area contributed by atoms with E-state index in [9.17, 15) is 19.5 Å². The second-order valence-corrected chi connectivity index (χ2v) is 10.1. The third-order valence-corrected chi connectivity index (χ3v) is 7.15. The van der Waals surface area contributed by atoms with Gasteiger partial charge in [0.2, 0.25) is 0 Å². The van der Waals surface area contributed by atoms with Gasteiger partial charge in [-0.05, 0) is 63.6 Å². The van der Waals surface area contributed by atoms with E-state index in [0.29, 0.717) is 11.3 Å². The molecule has 0 aromatic heterocycles. The van der Waals surface area contributed by atoms with Crippen LogP contribution in [0.25, 0.3) is 22.3 Å². The molecule has 1 aliphatic carbocycles. The predicted molar refractivity (Wildman–Crippen MR) is 154 cm³/mol. The molecule has 0 spiro atoms. The van der Waals surface area contributed by atoms with Gasteiger partial charge in [-0.25, -0.2) is 9.59 Å². The number of amides is 2. The summed E-state index contributed by atoms with van der Waals surface area (Å²) in [5.74, 6) is -1.78. The Morgan fingerprint density at radius 1 is 0.800 bits per heavy atom. The first-order chi connectivity index (χ1) is 19.3. The second-order valence-electron chi connectivity index (χ2n) is 10.1. The van der Waals surface area contributed by atoms with Crippen molar-refractivity contribution in [3.05, 3.63) is 114 Å². The lowest BCUT2D eigenvalue weighted by atomic mass is 9.98. The number of anilines is 1. The monoisotopic (exact) mass is 534 g/mol. The third-order valence-electron chi connectivity index (χ3n) is 7.15. The van der Waals surface area contributed by atoms with Crippen LogP contribution in [0.1, 0.15) is 41.3 Å². The molecule has 1 atom stereocenters. The topological polar surface area (TPSA) is 105 Å². The summed E-state index contributed by atoms with van der Waals surface area (Å²) in [6, 6.07) is 29.6. The number of ether oxygens (including phenoxy) is 1. The SMILES string of the molecule is CC(C)[C@H](NC(=O)c1ccc(-c2cccc(NC(=O)OCC3c4ccccc4-c4ccccc43)c2)cc1)C(=O)O. The molecule has 202 valence electrons. The molecule has 0 fully saturated rings. The van der Waals surface area contributed by atoms with E-state index < -0.39 is 24.0 Å². The quantitative estimate of drug-likeness (QED) is 0.238. The maximum Gasteiger partial charge on any atom is 0.411 e. The van der Waals surface area contributed by atoms with Crippen molar-refractivity contribution in [1.29, 1.82) is 0 Å². The Bertz CT molecular complexity index is 1520. The first-order valence-corrected chi connectivity index (χ1v) is 13.2. The summed E-state index contributed by atoms with van der Waals surface area (Å²) >= 11 is 0. The van der Waals surface area contributed by atoms with Gasteiger partial charge in [0, 0.05) is 17.2 Å². The molecular weight excluding hydrogens is 504 g/mol. The van der Waals surface area contributed by atoms with Crippen molar-refractivity contribution >= 4 is 23.7 Å². The van der Waals surface area contributed by atoms with Gasteiger partial charge in [-0.3, -0.25) is 10.1 Å². The number of carbonyl (C=O) groups excluding carboxylic acids is 2. The molecule has 3 N–H and O–H groups in total. The van der Waals surface area contributed by atoms with Gasteiger partial charge in [-0.2, -0.15) is 0 Å². The van der Waals surface area contributed by atoms with E-state index in [2.05, 4.69) is 34.9 Å². The van der Waals surface area contributed by atoms with Crippen LogP contribution in [0, 0.1) is 5.92 Å². The smallest absolute Gasteiger partial charge is 0.411 e. The van der Waals surface area contributed by atoms with Crippen LogP contribution in [0.2, 0.25) is 0 Å². The maximum absolute atomic E-state index is 12.7. The van der Waals surface area contributed by atoms with Crippen LogP contribution in [0.3, 0.4) is 0 Å². The zero-order valence-electron chi connectivity index (χ0n) is 22.3. The number of carboxylic acid groups (broad SMARTS) is 1. The fourth-order valence-electron chi connectivity index (χ4n) is 5.08. The number of fused-ring (bicyclic) bond motifs is 3. The molecule has 0 aliphatic heterocycles. The summed E-state index contributed by atoms with van der Waals surface area (Å²) in [6.45, 7) is 3.71. The van der Waals surface area contributed by atoms with Gasteiger partial charge in [-0.15, -0.1) is 0 Å². The van der Waals surface area contributed by atoms with Crippen LogP contribution in [-0.2, 0) is 9.53 Å². The fourth-order valence-corrected chi connectivity index (χ4v) is 5.08. The Morgan fingerprint density at radius 3 is 2.02 bits per heavy atom. The maximum atomic E-state index is 12.7. The summed E-state index contributed by atoms with van der Waals surface area (Å²) in [5, 5.41) is 14.7. The average molecular weight is 535 g/mol. The van der Waals surface area contributed by atoms with E-state index in [-0.39, 0.29) is 18.4 Å². The molecule has 7 nitrogen and oxygen atoms in total. The van der Waals surface area contributed by atoms with Crippen molar-refractivity contribution in [3.63, 3.8) is 0 Å². The Labute approximate surface area is 232 Å². The van der Waals surface area contributed by atoms with Crippen LogP contribution < -0.4 is 10.6 Å². The highest BCUT2D eigenvalue weighted by Gasteiger charge is 2.29. The highest BCUT2D eigenvalue weighted by atomic mass is 16.5. The third kappa shape index (κ3) is 5.59. The zero-order valence-corrected chi connectivity index (χ0v) is 22.3. The molecule has 1 aliphatic rings. The highest BCUT2D eigenvalue weighted by molar-refractivity contribution is 5.97. The van der Waals surface area contributed by atoms with Crippen molar-refractivity contribution in [2.75, 3.05) is 11.9 Å². The lowest BCUT2D eigenvalue weighted by Gasteiger charge is -2.18. The molecule has 0 heterocycles. The molecular formula is C33H30N2O5. The molecule has 0 unspecified atom stereocenters.